The maximum absolute atomic E-state index is 12.7. The lowest BCUT2D eigenvalue weighted by molar-refractivity contribution is -0.384. The highest BCUT2D eigenvalue weighted by molar-refractivity contribution is 6.28. The lowest BCUT2D eigenvalue weighted by Gasteiger charge is -2.29. The van der Waals surface area contributed by atoms with Gasteiger partial charge in [-0.1, -0.05) is 0 Å². The summed E-state index contributed by atoms with van der Waals surface area (Å²) in [5.41, 5.74) is -0.298. The van der Waals surface area contributed by atoms with Crippen LogP contribution in [0.2, 0.25) is 0 Å². The largest absolute Gasteiger partial charge is 0.374 e. The maximum Gasteiger partial charge on any atom is 0.269 e. The number of amidine groups is 1. The van der Waals surface area contributed by atoms with E-state index in [4.69, 9.17) is 0 Å². The molecule has 3 heterocycles. The fourth-order valence-electron chi connectivity index (χ4n) is 3.09. The first-order valence-corrected chi connectivity index (χ1v) is 7.33. The van der Waals surface area contributed by atoms with Gasteiger partial charge in [-0.3, -0.25) is 19.9 Å². The average molecular weight is 324 g/mol. The monoisotopic (exact) mass is 324 g/mol. The Morgan fingerprint density at radius 2 is 2.00 bits per heavy atom. The number of anilines is 1. The van der Waals surface area contributed by atoms with E-state index in [1.54, 1.807) is 23.1 Å². The Morgan fingerprint density at radius 1 is 1.25 bits per heavy atom. The van der Waals surface area contributed by atoms with Crippen molar-refractivity contribution in [2.75, 3.05) is 11.4 Å². The smallest absolute Gasteiger partial charge is 0.269 e. The number of non-ortho nitro benzene ring substituents is 1. The van der Waals surface area contributed by atoms with Crippen LogP contribution in [0.3, 0.4) is 0 Å². The van der Waals surface area contributed by atoms with Crippen LogP contribution in [0.4, 0.5) is 17.1 Å². The van der Waals surface area contributed by atoms with Crippen LogP contribution in [0.25, 0.3) is 0 Å². The number of aromatic nitrogens is 1. The fourth-order valence-corrected chi connectivity index (χ4v) is 3.09. The van der Waals surface area contributed by atoms with Gasteiger partial charge in [0.25, 0.3) is 5.69 Å². The minimum absolute atomic E-state index is 0.0237. The quantitative estimate of drug-likeness (QED) is 0.667. The highest BCUT2D eigenvalue weighted by Gasteiger charge is 2.52. The van der Waals surface area contributed by atoms with Crippen LogP contribution in [-0.2, 0) is 0 Å². The molecule has 1 saturated heterocycles. The molecule has 0 spiro atoms. The van der Waals surface area contributed by atoms with E-state index in [-0.39, 0.29) is 17.9 Å². The van der Waals surface area contributed by atoms with Gasteiger partial charge in [0.1, 0.15) is 5.84 Å². The third-order valence-electron chi connectivity index (χ3n) is 4.34. The van der Waals surface area contributed by atoms with Crippen LogP contribution in [0.5, 0.6) is 0 Å². The van der Waals surface area contributed by atoms with Gasteiger partial charge in [-0.15, -0.1) is 0 Å². The van der Waals surface area contributed by atoms with Crippen molar-refractivity contribution in [2.45, 2.75) is 12.0 Å². The van der Waals surface area contributed by atoms with Crippen molar-refractivity contribution in [3.63, 3.8) is 0 Å². The van der Waals surface area contributed by atoms with Gasteiger partial charge in [-0.05, 0) is 18.2 Å². The lowest BCUT2D eigenvalue weighted by atomic mass is 9.88. The van der Waals surface area contributed by atoms with Gasteiger partial charge in [0.2, 0.25) is 5.78 Å². The normalized spacial score (nSPS) is 22.0. The Kier molecular flexibility index (Phi) is 2.97. The zero-order valence-corrected chi connectivity index (χ0v) is 12.4. The minimum atomic E-state index is -1.67. The van der Waals surface area contributed by atoms with Crippen molar-refractivity contribution >= 4 is 28.7 Å². The minimum Gasteiger partial charge on any atom is -0.374 e. The summed E-state index contributed by atoms with van der Waals surface area (Å²) in [4.78, 5) is 33.0. The Labute approximate surface area is 136 Å². The highest BCUT2D eigenvalue weighted by atomic mass is 16.6. The fraction of sp³-hybridized carbons (Fsp3) is 0.188. The predicted octanol–water partition coefficient (Wildman–Crippen LogP) is 1.86. The number of ketones is 1. The molecule has 8 nitrogen and oxygen atoms in total. The molecule has 1 aromatic carbocycles. The number of aliphatic hydroxyl groups is 1. The van der Waals surface area contributed by atoms with Crippen LogP contribution in [-0.4, -0.2) is 38.8 Å². The molecule has 1 unspecified atom stereocenters. The topological polar surface area (TPSA) is 109 Å². The van der Waals surface area contributed by atoms with Crippen molar-refractivity contribution in [3.8, 4) is 0 Å². The summed E-state index contributed by atoms with van der Waals surface area (Å²) in [7, 11) is 0. The number of aliphatic imine (C=N–C) groups is 1. The van der Waals surface area contributed by atoms with Gasteiger partial charge in [0, 0.05) is 37.0 Å². The van der Waals surface area contributed by atoms with Gasteiger partial charge in [-0.25, -0.2) is 4.99 Å². The SMILES string of the molecule is O=C1c2ccncc2N=C2N(c3ccc([N+](=O)[O-])cc3)CCC12O. The molecule has 24 heavy (non-hydrogen) atoms. The average Bonchev–Trinajstić information content (AvgIpc) is 2.93. The number of hydrogen-bond acceptors (Lipinski definition) is 7. The van der Waals surface area contributed by atoms with E-state index >= 15 is 0 Å². The van der Waals surface area contributed by atoms with Gasteiger partial charge in [0.15, 0.2) is 5.60 Å². The molecule has 1 atom stereocenters. The van der Waals surface area contributed by atoms with E-state index < -0.39 is 16.3 Å². The summed E-state index contributed by atoms with van der Waals surface area (Å²) in [5, 5.41) is 21.6. The van der Waals surface area contributed by atoms with Crippen LogP contribution in [0.15, 0.2) is 47.7 Å². The van der Waals surface area contributed by atoms with Crippen molar-refractivity contribution in [2.24, 2.45) is 4.99 Å². The first-order valence-electron chi connectivity index (χ1n) is 7.33. The number of nitro benzene ring substituents is 1. The summed E-state index contributed by atoms with van der Waals surface area (Å²) < 4.78 is 0. The summed E-state index contributed by atoms with van der Waals surface area (Å²) in [6, 6.07) is 7.47. The molecule has 0 amide bonds. The molecule has 0 radical (unpaired) electrons. The van der Waals surface area contributed by atoms with Crippen molar-refractivity contribution < 1.29 is 14.8 Å². The number of pyridine rings is 1. The van der Waals surface area contributed by atoms with Crippen molar-refractivity contribution in [1.29, 1.82) is 0 Å². The van der Waals surface area contributed by atoms with Crippen molar-refractivity contribution in [3.05, 3.63) is 58.4 Å². The Balaban J connectivity index is 1.79. The number of fused-ring (bicyclic) bond motifs is 2. The van der Waals surface area contributed by atoms with E-state index in [0.717, 1.165) is 0 Å². The molecular weight excluding hydrogens is 312 g/mol. The van der Waals surface area contributed by atoms with Crippen LogP contribution >= 0.6 is 0 Å². The summed E-state index contributed by atoms with van der Waals surface area (Å²) in [6.45, 7) is 0.389. The standard InChI is InChI=1S/C16H12N4O4/c21-14-12-5-7-17-9-13(12)18-15-16(14,22)6-8-19(15)10-1-3-11(4-2-10)20(23)24/h1-5,7,9,22H,6,8H2. The van der Waals surface area contributed by atoms with Crippen LogP contribution in [0.1, 0.15) is 16.8 Å². The molecule has 2 aromatic rings. The Morgan fingerprint density at radius 3 is 2.71 bits per heavy atom. The number of nitro groups is 1. The molecule has 1 fully saturated rings. The zero-order valence-electron chi connectivity index (χ0n) is 12.4. The third-order valence-corrected chi connectivity index (χ3v) is 4.34. The van der Waals surface area contributed by atoms with Gasteiger partial charge in [-0.2, -0.15) is 0 Å². The molecule has 120 valence electrons. The van der Waals surface area contributed by atoms with Crippen LogP contribution in [0, 0.1) is 10.1 Å². The number of nitrogens with zero attached hydrogens (tertiary/aromatic N) is 4. The molecule has 8 heteroatoms. The van der Waals surface area contributed by atoms with E-state index in [1.165, 1.54) is 24.5 Å². The number of carbonyl (C=O) groups is 1. The molecular formula is C16H12N4O4. The molecule has 0 bridgehead atoms. The molecule has 0 saturated carbocycles. The lowest BCUT2D eigenvalue weighted by Crippen LogP contribution is -2.48. The molecule has 1 aromatic heterocycles. The molecule has 0 aliphatic carbocycles. The number of rotatable bonds is 2. The Hall–Kier alpha value is -3.13. The number of benzene rings is 1. The number of carbonyl (C=O) groups excluding carboxylic acids is 1. The second kappa shape index (κ2) is 4.93. The van der Waals surface area contributed by atoms with Crippen LogP contribution < -0.4 is 4.90 Å². The van der Waals surface area contributed by atoms with Gasteiger partial charge < -0.3 is 10.0 Å². The molecule has 2 aliphatic rings. The highest BCUT2D eigenvalue weighted by Crippen LogP contribution is 2.39. The van der Waals surface area contributed by atoms with Crippen molar-refractivity contribution in [1.82, 2.24) is 4.98 Å². The number of hydrogen-bond donors (Lipinski definition) is 1. The van der Waals surface area contributed by atoms with Gasteiger partial charge in [0.05, 0.1) is 22.4 Å². The number of Topliss-reactive ketones (excluding diaryl/α,β-unsaturated/α-hetero) is 1. The summed E-state index contributed by atoms with van der Waals surface area (Å²) in [6.07, 6.45) is 3.18. The third kappa shape index (κ3) is 1.93. The molecule has 4 rings (SSSR count). The molecule has 1 N–H and O–H groups in total. The summed E-state index contributed by atoms with van der Waals surface area (Å²) >= 11 is 0. The van der Waals surface area contributed by atoms with E-state index in [0.29, 0.717) is 23.5 Å². The molecule has 2 aliphatic heterocycles. The van der Waals surface area contributed by atoms with E-state index in [1.807, 2.05) is 0 Å². The van der Waals surface area contributed by atoms with E-state index in [9.17, 15) is 20.0 Å². The first-order chi connectivity index (χ1) is 11.5. The Bertz CT molecular complexity index is 893. The summed E-state index contributed by atoms with van der Waals surface area (Å²) in [5.74, 6) is -0.156. The first kappa shape index (κ1) is 14.5. The maximum atomic E-state index is 12.7. The van der Waals surface area contributed by atoms with E-state index in [2.05, 4.69) is 9.98 Å². The van der Waals surface area contributed by atoms with Gasteiger partial charge >= 0.3 is 0 Å². The predicted molar refractivity (Wildman–Crippen MR) is 85.7 cm³/mol. The second-order valence-corrected chi connectivity index (χ2v) is 5.69. The second-order valence-electron chi connectivity index (χ2n) is 5.69. The zero-order chi connectivity index (χ0) is 16.9.